The number of amides is 1. The molecule has 5 heteroatoms. The monoisotopic (exact) mass is 340 g/mol. The van der Waals surface area contributed by atoms with E-state index in [2.05, 4.69) is 17.6 Å². The van der Waals surface area contributed by atoms with Crippen LogP contribution in [0.5, 0.6) is 0 Å². The molecule has 0 unspecified atom stereocenters. The van der Waals surface area contributed by atoms with Gasteiger partial charge in [-0.05, 0) is 53.0 Å². The molecule has 0 spiro atoms. The van der Waals surface area contributed by atoms with Crippen molar-refractivity contribution in [1.82, 2.24) is 10.6 Å². The number of unbranched alkanes of at least 4 members (excludes halogenated alkanes) is 5. The molecule has 1 saturated heterocycles. The molecule has 0 aromatic rings. The van der Waals surface area contributed by atoms with Crippen molar-refractivity contribution in [3.63, 3.8) is 0 Å². The van der Waals surface area contributed by atoms with Gasteiger partial charge in [0.2, 0.25) is 0 Å². The molecule has 24 heavy (non-hydrogen) atoms. The van der Waals surface area contributed by atoms with Crippen LogP contribution in [0.4, 0.5) is 0 Å². The minimum Gasteiger partial charge on any atom is -0.458 e. The lowest BCUT2D eigenvalue weighted by Crippen LogP contribution is -2.65. The van der Waals surface area contributed by atoms with Crippen LogP contribution in [0, 0.1) is 0 Å². The highest BCUT2D eigenvalue weighted by atomic mass is 16.6. The summed E-state index contributed by atoms with van der Waals surface area (Å²) in [6, 6.07) is 0. The lowest BCUT2D eigenvalue weighted by Gasteiger charge is -2.36. The molecule has 2 N–H and O–H groups in total. The van der Waals surface area contributed by atoms with E-state index in [-0.39, 0.29) is 5.91 Å². The lowest BCUT2D eigenvalue weighted by atomic mass is 9.87. The Hall–Kier alpha value is -1.10. The van der Waals surface area contributed by atoms with Crippen LogP contribution in [0.1, 0.15) is 85.5 Å². The molecule has 1 heterocycles. The molecule has 140 valence electrons. The molecule has 0 aromatic heterocycles. The van der Waals surface area contributed by atoms with Gasteiger partial charge in [0.1, 0.15) is 5.60 Å². The van der Waals surface area contributed by atoms with E-state index in [0.29, 0.717) is 19.5 Å². The second-order valence-electron chi connectivity index (χ2n) is 7.81. The molecule has 1 fully saturated rings. The van der Waals surface area contributed by atoms with E-state index < -0.39 is 17.1 Å². The number of hydrogen-bond donors (Lipinski definition) is 2. The normalized spacial score (nSPS) is 21.3. The van der Waals surface area contributed by atoms with Gasteiger partial charge in [-0.1, -0.05) is 39.0 Å². The summed E-state index contributed by atoms with van der Waals surface area (Å²) >= 11 is 0. The summed E-state index contributed by atoms with van der Waals surface area (Å²) in [6.07, 6.45) is 9.40. The molecule has 0 aromatic carbocycles. The highest BCUT2D eigenvalue weighted by Gasteiger charge is 2.48. The first-order valence-electron chi connectivity index (χ1n) is 9.58. The van der Waals surface area contributed by atoms with Crippen molar-refractivity contribution in [3.05, 3.63) is 0 Å². The van der Waals surface area contributed by atoms with E-state index in [1.54, 1.807) is 0 Å². The molecule has 1 aliphatic rings. The van der Waals surface area contributed by atoms with Gasteiger partial charge < -0.3 is 10.1 Å². The highest BCUT2D eigenvalue weighted by Crippen LogP contribution is 2.24. The molecule has 0 saturated carbocycles. The topological polar surface area (TPSA) is 67.4 Å². The van der Waals surface area contributed by atoms with Crippen LogP contribution in [-0.2, 0) is 14.3 Å². The third-order valence-corrected chi connectivity index (χ3v) is 4.36. The van der Waals surface area contributed by atoms with Gasteiger partial charge in [0.25, 0.3) is 5.91 Å². The van der Waals surface area contributed by atoms with E-state index in [1.807, 2.05) is 20.8 Å². The summed E-state index contributed by atoms with van der Waals surface area (Å²) in [6.45, 7) is 8.98. The summed E-state index contributed by atoms with van der Waals surface area (Å²) in [7, 11) is 0. The van der Waals surface area contributed by atoms with Crippen LogP contribution in [-0.4, -0.2) is 36.1 Å². The van der Waals surface area contributed by atoms with Crippen LogP contribution in [0.25, 0.3) is 0 Å². The zero-order chi connectivity index (χ0) is 18.1. The predicted octanol–water partition coefficient (Wildman–Crippen LogP) is 3.32. The highest BCUT2D eigenvalue weighted by molar-refractivity contribution is 6.07. The molecule has 0 radical (unpaired) electrons. The molecule has 1 aliphatic heterocycles. The number of piperidine rings is 1. The van der Waals surface area contributed by atoms with E-state index in [0.717, 1.165) is 25.7 Å². The van der Waals surface area contributed by atoms with Gasteiger partial charge in [0, 0.05) is 6.54 Å². The second kappa shape index (κ2) is 10.0. The first-order valence-corrected chi connectivity index (χ1v) is 9.58. The Bertz CT molecular complexity index is 396. The van der Waals surface area contributed by atoms with Crippen molar-refractivity contribution in [2.75, 3.05) is 13.1 Å². The fourth-order valence-electron chi connectivity index (χ4n) is 2.99. The van der Waals surface area contributed by atoms with Gasteiger partial charge >= 0.3 is 5.97 Å². The van der Waals surface area contributed by atoms with Gasteiger partial charge in [0.15, 0.2) is 5.54 Å². The van der Waals surface area contributed by atoms with Gasteiger partial charge in [-0.15, -0.1) is 0 Å². The number of rotatable bonds is 9. The van der Waals surface area contributed by atoms with Crippen LogP contribution in [0.2, 0.25) is 0 Å². The van der Waals surface area contributed by atoms with Crippen molar-refractivity contribution in [2.24, 2.45) is 0 Å². The lowest BCUT2D eigenvalue weighted by molar-refractivity contribution is -0.167. The van der Waals surface area contributed by atoms with E-state index in [4.69, 9.17) is 4.74 Å². The van der Waals surface area contributed by atoms with Crippen LogP contribution in [0.15, 0.2) is 0 Å². The van der Waals surface area contributed by atoms with Gasteiger partial charge in [-0.3, -0.25) is 10.1 Å². The van der Waals surface area contributed by atoms with E-state index in [9.17, 15) is 9.59 Å². The Kier molecular flexibility index (Phi) is 8.74. The molecule has 0 aliphatic carbocycles. The summed E-state index contributed by atoms with van der Waals surface area (Å²) < 4.78 is 5.51. The fraction of sp³-hybridized carbons (Fsp3) is 0.895. The third kappa shape index (κ3) is 6.80. The van der Waals surface area contributed by atoms with Crippen LogP contribution < -0.4 is 10.6 Å². The van der Waals surface area contributed by atoms with Gasteiger partial charge in [0.05, 0.1) is 0 Å². The van der Waals surface area contributed by atoms with Crippen molar-refractivity contribution in [1.29, 1.82) is 0 Å². The largest absolute Gasteiger partial charge is 0.458 e. The molecular weight excluding hydrogens is 304 g/mol. The maximum Gasteiger partial charge on any atom is 0.336 e. The Balaban J connectivity index is 2.51. The third-order valence-electron chi connectivity index (χ3n) is 4.36. The van der Waals surface area contributed by atoms with Crippen molar-refractivity contribution >= 4 is 11.9 Å². The molecule has 1 rings (SSSR count). The average Bonchev–Trinajstić information content (AvgIpc) is 2.52. The van der Waals surface area contributed by atoms with Crippen molar-refractivity contribution in [2.45, 2.75) is 96.6 Å². The van der Waals surface area contributed by atoms with Gasteiger partial charge in [-0.25, -0.2) is 4.79 Å². The molecular formula is C19H36N2O3. The van der Waals surface area contributed by atoms with Crippen molar-refractivity contribution < 1.29 is 14.3 Å². The first kappa shape index (κ1) is 20.9. The predicted molar refractivity (Wildman–Crippen MR) is 96.8 cm³/mol. The van der Waals surface area contributed by atoms with E-state index in [1.165, 1.54) is 25.7 Å². The van der Waals surface area contributed by atoms with Crippen LogP contribution >= 0.6 is 0 Å². The van der Waals surface area contributed by atoms with Crippen LogP contribution in [0.3, 0.4) is 0 Å². The maximum absolute atomic E-state index is 12.7. The Morgan fingerprint density at radius 2 is 1.75 bits per heavy atom. The SMILES string of the molecule is CCCCCCCCNC(=O)[C@@]1(C(=O)OC(C)(C)C)CCCCN1. The number of nitrogens with one attached hydrogen (secondary N) is 2. The zero-order valence-electron chi connectivity index (χ0n) is 16.0. The summed E-state index contributed by atoms with van der Waals surface area (Å²) in [4.78, 5) is 25.3. The minimum atomic E-state index is -1.21. The molecule has 5 nitrogen and oxygen atoms in total. The number of carbonyl (C=O) groups excluding carboxylic acids is 2. The number of esters is 1. The number of carbonyl (C=O) groups is 2. The molecule has 1 amide bonds. The Morgan fingerprint density at radius 1 is 1.08 bits per heavy atom. The number of ether oxygens (including phenoxy) is 1. The second-order valence-corrected chi connectivity index (χ2v) is 7.81. The Morgan fingerprint density at radius 3 is 2.33 bits per heavy atom. The fourth-order valence-corrected chi connectivity index (χ4v) is 2.99. The Labute approximate surface area is 147 Å². The molecule has 0 bridgehead atoms. The molecule has 1 atom stereocenters. The summed E-state index contributed by atoms with van der Waals surface area (Å²) in [5.74, 6) is -0.680. The van der Waals surface area contributed by atoms with E-state index >= 15 is 0 Å². The minimum absolute atomic E-state index is 0.231. The zero-order valence-corrected chi connectivity index (χ0v) is 16.0. The van der Waals surface area contributed by atoms with Gasteiger partial charge in [-0.2, -0.15) is 0 Å². The standard InChI is InChI=1S/C19H36N2O3/c1-5-6-7-8-9-11-14-20-16(22)19(13-10-12-15-21-19)17(23)24-18(2,3)4/h21H,5-15H2,1-4H3,(H,20,22)/t19-/m1/s1. The maximum atomic E-state index is 12.7. The quantitative estimate of drug-likeness (QED) is 0.384. The summed E-state index contributed by atoms with van der Waals surface area (Å²) in [5.41, 5.74) is -1.81. The average molecular weight is 341 g/mol. The van der Waals surface area contributed by atoms with Crippen molar-refractivity contribution in [3.8, 4) is 0 Å². The summed E-state index contributed by atoms with van der Waals surface area (Å²) in [5, 5.41) is 6.09. The number of hydrogen-bond acceptors (Lipinski definition) is 4. The first-order chi connectivity index (χ1) is 11.3. The smallest absolute Gasteiger partial charge is 0.336 e.